The molecular weight excluding hydrogens is 571 g/mol. The van der Waals surface area contributed by atoms with Crippen LogP contribution in [0.15, 0.2) is 56.3 Å². The molecule has 1 saturated heterocycles. The van der Waals surface area contributed by atoms with Crippen molar-refractivity contribution >= 4 is 53.7 Å². The van der Waals surface area contributed by atoms with Crippen LogP contribution in [0.2, 0.25) is 0 Å². The van der Waals surface area contributed by atoms with Gasteiger partial charge >= 0.3 is 12.3 Å². The number of hydrogen-bond acceptors (Lipinski definition) is 5. The van der Waals surface area contributed by atoms with Crippen molar-refractivity contribution in [2.45, 2.75) is 30.1 Å². The van der Waals surface area contributed by atoms with Crippen LogP contribution in [0.1, 0.15) is 18.4 Å². The van der Waals surface area contributed by atoms with E-state index in [-0.39, 0.29) is 10.6 Å². The van der Waals surface area contributed by atoms with E-state index in [1.54, 1.807) is 12.1 Å². The normalized spacial score (nSPS) is 16.3. The summed E-state index contributed by atoms with van der Waals surface area (Å²) in [4.78, 5) is 11.6. The molecule has 170 valence electrons. The van der Waals surface area contributed by atoms with Gasteiger partial charge in [-0.15, -0.1) is 0 Å². The Morgan fingerprint density at radius 1 is 1.19 bits per heavy atom. The summed E-state index contributed by atoms with van der Waals surface area (Å²) in [5, 5.41) is 9.98. The third-order valence-corrected chi connectivity index (χ3v) is 6.33. The minimum absolute atomic E-state index is 0.0804. The van der Waals surface area contributed by atoms with Crippen molar-refractivity contribution in [3.05, 3.63) is 57.0 Å². The average molecular weight is 589 g/mol. The fourth-order valence-electron chi connectivity index (χ4n) is 2.56. The Bertz CT molecular complexity index is 1030. The van der Waals surface area contributed by atoms with Gasteiger partial charge in [0.2, 0.25) is 10.0 Å². The zero-order valence-electron chi connectivity index (χ0n) is 15.7. The van der Waals surface area contributed by atoms with Crippen molar-refractivity contribution in [2.24, 2.45) is 5.14 Å². The van der Waals surface area contributed by atoms with Crippen LogP contribution in [0, 0.1) is 0 Å². The van der Waals surface area contributed by atoms with E-state index >= 15 is 0 Å². The summed E-state index contributed by atoms with van der Waals surface area (Å²) in [5.41, 5.74) is -1.20. The molecule has 13 heteroatoms. The number of amides is 1. The number of ether oxygens (including phenoxy) is 1. The number of carbonyl (C=O) groups is 1. The Balaban J connectivity index is 0.000000245. The van der Waals surface area contributed by atoms with Crippen LogP contribution in [0.3, 0.4) is 0 Å². The summed E-state index contributed by atoms with van der Waals surface area (Å²) in [7, 11) is -3.63. The van der Waals surface area contributed by atoms with Crippen molar-refractivity contribution in [3.63, 3.8) is 0 Å². The maximum Gasteiger partial charge on any atom is 0.418 e. The zero-order chi connectivity index (χ0) is 23.2. The molecular formula is C18H18Br2F3N3O4S. The van der Waals surface area contributed by atoms with Gasteiger partial charge in [0.1, 0.15) is 0 Å². The highest BCUT2D eigenvalue weighted by Crippen LogP contribution is 2.34. The minimum Gasteiger partial charge on any atom is -0.430 e. The number of carbonyl (C=O) groups excluding carboxylic acids is 1. The number of anilines is 1. The molecule has 4 N–H and O–H groups in total. The largest absolute Gasteiger partial charge is 0.430 e. The Kier molecular flexibility index (Phi) is 8.89. The highest BCUT2D eigenvalue weighted by Gasteiger charge is 2.33. The van der Waals surface area contributed by atoms with Crippen molar-refractivity contribution < 1.29 is 31.1 Å². The molecule has 1 heterocycles. The molecule has 1 amide bonds. The van der Waals surface area contributed by atoms with Crippen molar-refractivity contribution in [2.75, 3.05) is 11.9 Å². The Morgan fingerprint density at radius 3 is 2.42 bits per heavy atom. The van der Waals surface area contributed by atoms with Gasteiger partial charge < -0.3 is 4.74 Å². The number of nitrogens with two attached hydrogens (primary N) is 1. The number of hydrogen-bond donors (Lipinski definition) is 3. The molecule has 1 aliphatic rings. The first-order valence-corrected chi connectivity index (χ1v) is 11.9. The van der Waals surface area contributed by atoms with Crippen LogP contribution in [0.4, 0.5) is 23.7 Å². The van der Waals surface area contributed by atoms with Crippen LogP contribution in [0.25, 0.3) is 0 Å². The fourth-order valence-corrected chi connectivity index (χ4v) is 4.62. The predicted octanol–water partition coefficient (Wildman–Crippen LogP) is 4.82. The third-order valence-electron chi connectivity index (χ3n) is 3.93. The predicted molar refractivity (Wildman–Crippen MR) is 116 cm³/mol. The standard InChI is InChI=1S/C12H13F3N2O2.C6H5Br2NO2S/c13-12(14,15)8-4-1-2-5-9(8)17-11(18)19-10-6-3-7-16-10;7-4-1-2-5(8)6(3-4)12(9,10)11/h1-2,4-5,10,16H,3,6-7H2,(H,17,18);1-3H,(H2,9,10,11). The fraction of sp³-hybridized carbons (Fsp3) is 0.278. The minimum atomic E-state index is -4.52. The van der Waals surface area contributed by atoms with E-state index in [2.05, 4.69) is 42.5 Å². The molecule has 0 saturated carbocycles. The Morgan fingerprint density at radius 2 is 1.87 bits per heavy atom. The van der Waals surface area contributed by atoms with Gasteiger partial charge in [-0.3, -0.25) is 10.6 Å². The van der Waals surface area contributed by atoms with Crippen molar-refractivity contribution in [1.29, 1.82) is 0 Å². The van der Waals surface area contributed by atoms with E-state index in [9.17, 15) is 26.4 Å². The monoisotopic (exact) mass is 587 g/mol. The molecule has 0 radical (unpaired) electrons. The maximum absolute atomic E-state index is 12.7. The SMILES string of the molecule is NS(=O)(=O)c1cc(Br)ccc1Br.O=C(Nc1ccccc1C(F)(F)F)OC1CCCN1. The second-order valence-corrected chi connectivity index (χ2v) is 9.58. The summed E-state index contributed by atoms with van der Waals surface area (Å²) in [5.74, 6) is 0. The Hall–Kier alpha value is -1.67. The van der Waals surface area contributed by atoms with Crippen LogP contribution in [-0.4, -0.2) is 27.3 Å². The number of alkyl halides is 3. The lowest BCUT2D eigenvalue weighted by Crippen LogP contribution is -2.30. The molecule has 1 fully saturated rings. The summed E-state index contributed by atoms with van der Waals surface area (Å²) in [6, 6.07) is 9.55. The molecule has 0 aromatic heterocycles. The number of nitrogens with one attached hydrogen (secondary N) is 2. The third kappa shape index (κ3) is 8.07. The first-order valence-electron chi connectivity index (χ1n) is 8.73. The molecule has 1 aliphatic heterocycles. The van der Waals surface area contributed by atoms with Crippen molar-refractivity contribution in [1.82, 2.24) is 5.32 Å². The topological polar surface area (TPSA) is 111 Å². The van der Waals surface area contributed by atoms with Gasteiger partial charge in [-0.2, -0.15) is 13.2 Å². The molecule has 0 aliphatic carbocycles. The van der Waals surface area contributed by atoms with E-state index in [0.717, 1.165) is 19.0 Å². The molecule has 7 nitrogen and oxygen atoms in total. The van der Waals surface area contributed by atoms with Gasteiger partial charge in [-0.05, 0) is 65.6 Å². The van der Waals surface area contributed by atoms with E-state index < -0.39 is 34.1 Å². The molecule has 1 unspecified atom stereocenters. The summed E-state index contributed by atoms with van der Waals surface area (Å²) < 4.78 is 66.1. The number of rotatable bonds is 3. The zero-order valence-corrected chi connectivity index (χ0v) is 19.7. The smallest absolute Gasteiger partial charge is 0.418 e. The molecule has 2 aromatic rings. The molecule has 0 bridgehead atoms. The van der Waals surface area contributed by atoms with Crippen LogP contribution < -0.4 is 15.8 Å². The van der Waals surface area contributed by atoms with Gasteiger partial charge in [0.15, 0.2) is 6.23 Å². The quantitative estimate of drug-likeness (QED) is 0.476. The number of benzene rings is 2. The van der Waals surface area contributed by atoms with E-state index in [1.165, 1.54) is 24.3 Å². The van der Waals surface area contributed by atoms with E-state index in [0.29, 0.717) is 15.4 Å². The van der Waals surface area contributed by atoms with Gasteiger partial charge in [0.25, 0.3) is 0 Å². The average Bonchev–Trinajstić information content (AvgIpc) is 3.16. The summed E-state index contributed by atoms with van der Waals surface area (Å²) in [6.07, 6.45) is -4.31. The second-order valence-electron chi connectivity index (χ2n) is 6.28. The number of sulfonamides is 1. The lowest BCUT2D eigenvalue weighted by Gasteiger charge is -2.15. The molecule has 1 atom stereocenters. The molecule has 2 aromatic carbocycles. The summed E-state index contributed by atoms with van der Waals surface area (Å²) in [6.45, 7) is 0.733. The van der Waals surface area contributed by atoms with Gasteiger partial charge in [-0.25, -0.2) is 18.4 Å². The molecule has 3 rings (SSSR count). The summed E-state index contributed by atoms with van der Waals surface area (Å²) >= 11 is 6.23. The number of para-hydroxylation sites is 1. The van der Waals surface area contributed by atoms with Gasteiger partial charge in [0, 0.05) is 8.95 Å². The first-order chi connectivity index (χ1) is 14.4. The highest BCUT2D eigenvalue weighted by atomic mass is 79.9. The van der Waals surface area contributed by atoms with Crippen molar-refractivity contribution in [3.8, 4) is 0 Å². The molecule has 31 heavy (non-hydrogen) atoms. The van der Waals surface area contributed by atoms with Gasteiger partial charge in [-0.1, -0.05) is 28.1 Å². The Labute approximate surface area is 193 Å². The lowest BCUT2D eigenvalue weighted by molar-refractivity contribution is -0.136. The second kappa shape index (κ2) is 10.8. The van der Waals surface area contributed by atoms with E-state index in [4.69, 9.17) is 9.88 Å². The number of halogens is 5. The highest BCUT2D eigenvalue weighted by molar-refractivity contribution is 9.11. The van der Waals surface area contributed by atoms with Crippen LogP contribution in [-0.2, 0) is 20.9 Å². The molecule has 0 spiro atoms. The van der Waals surface area contributed by atoms with Crippen LogP contribution >= 0.6 is 31.9 Å². The lowest BCUT2D eigenvalue weighted by atomic mass is 10.2. The number of primary sulfonamides is 1. The van der Waals surface area contributed by atoms with Gasteiger partial charge in [0.05, 0.1) is 16.1 Å². The first kappa shape index (κ1) is 25.6. The van der Waals surface area contributed by atoms with Crippen LogP contribution in [0.5, 0.6) is 0 Å². The van der Waals surface area contributed by atoms with E-state index in [1.807, 2.05) is 0 Å². The maximum atomic E-state index is 12.7.